The minimum absolute atomic E-state index is 0. The number of nitrogens with two attached hydrogens (primary N) is 3. The molecule has 4 rings (SSSR count). The van der Waals surface area contributed by atoms with Gasteiger partial charge in [-0.25, -0.2) is 40.7 Å². The monoisotopic (exact) mass is 904 g/mol. The van der Waals surface area contributed by atoms with E-state index in [4.69, 9.17) is 40.6 Å². The molecule has 2 saturated heterocycles. The predicted molar refractivity (Wildman–Crippen MR) is 183 cm³/mol. The van der Waals surface area contributed by atoms with Crippen molar-refractivity contribution in [3.8, 4) is 6.07 Å². The predicted octanol–water partition coefficient (Wildman–Crippen LogP) is -2.00. The van der Waals surface area contributed by atoms with Gasteiger partial charge in [0.2, 0.25) is 5.91 Å². The average Bonchev–Trinajstić information content (AvgIpc) is 3.74. The molecular weight excluding hydrogens is 861 g/mol. The summed E-state index contributed by atoms with van der Waals surface area (Å²) in [7, 11) is 0. The van der Waals surface area contributed by atoms with Gasteiger partial charge >= 0.3 is 121 Å². The zero-order valence-corrected chi connectivity index (χ0v) is 39.7. The first-order valence-corrected chi connectivity index (χ1v) is 16.2. The van der Waals surface area contributed by atoms with Gasteiger partial charge in [0.25, 0.3) is 6.47 Å². The maximum absolute atomic E-state index is 14.0. The Balaban J connectivity index is -0.000000411. The molecule has 8 N–H and O–H groups in total. The molecule has 0 aliphatic carbocycles. The molecule has 0 saturated carbocycles. The van der Waals surface area contributed by atoms with Crippen molar-refractivity contribution in [2.24, 2.45) is 17.2 Å². The summed E-state index contributed by atoms with van der Waals surface area (Å²) in [5.74, 6) is -9.31. The van der Waals surface area contributed by atoms with Gasteiger partial charge in [0.15, 0.2) is 23.3 Å². The van der Waals surface area contributed by atoms with Gasteiger partial charge in [0, 0.05) is 36.1 Å². The molecule has 2 heterocycles. The summed E-state index contributed by atoms with van der Waals surface area (Å²) >= 11 is 0. The maximum Gasteiger partial charge on any atom is 1.00 e. The van der Waals surface area contributed by atoms with Crippen molar-refractivity contribution in [1.29, 1.82) is 5.26 Å². The average molecular weight is 905 g/mol. The van der Waals surface area contributed by atoms with Gasteiger partial charge in [-0.05, 0) is 78.6 Å². The first-order chi connectivity index (χ1) is 26.3. The molecule has 2 unspecified atom stereocenters. The summed E-state index contributed by atoms with van der Waals surface area (Å²) in [6.07, 6.45) is -1.63. The summed E-state index contributed by atoms with van der Waals surface area (Å²) < 4.78 is 92.9. The summed E-state index contributed by atoms with van der Waals surface area (Å²) in [4.78, 5) is 58.4. The molecule has 59 heavy (non-hydrogen) atoms. The first-order valence-electron chi connectivity index (χ1n) is 16.2. The minimum atomic E-state index is -1.32. The van der Waals surface area contributed by atoms with E-state index in [0.717, 1.165) is 21.9 Å². The van der Waals surface area contributed by atoms with Crippen LogP contribution in [-0.2, 0) is 24.0 Å². The maximum atomic E-state index is 14.0. The second-order valence-electron chi connectivity index (χ2n) is 13.8. The fourth-order valence-electron chi connectivity index (χ4n) is 5.36. The number of ether oxygens (including phenoxy) is 2. The third-order valence-electron chi connectivity index (χ3n) is 7.35. The van der Waals surface area contributed by atoms with Crippen LogP contribution in [0.25, 0.3) is 0 Å². The molecule has 4 atom stereocenters. The second kappa shape index (κ2) is 28.1. The first kappa shape index (κ1) is 60.7. The van der Waals surface area contributed by atoms with E-state index < -0.39 is 105 Å². The molecule has 0 bridgehead atoms. The van der Waals surface area contributed by atoms with Crippen molar-refractivity contribution in [3.63, 3.8) is 0 Å². The van der Waals surface area contributed by atoms with Gasteiger partial charge in [-0.3, -0.25) is 29.9 Å². The molecule has 5 amide bonds. The Morgan fingerprint density at radius 3 is 1.41 bits per heavy atom. The van der Waals surface area contributed by atoms with Crippen molar-refractivity contribution < 1.29 is 185 Å². The van der Waals surface area contributed by atoms with Crippen LogP contribution in [0.4, 0.5) is 40.7 Å². The Hall–Kier alpha value is -2.59. The Kier molecular flexibility index (Phi) is 28.9. The number of hydrogen-bond donors (Lipinski definition) is 5. The molecule has 0 aromatic heterocycles. The normalized spacial score (nSPS) is 17.7. The number of halogens is 6. The Bertz CT molecular complexity index is 1770. The zero-order valence-electron chi connectivity index (χ0n) is 34.4. The molecule has 25 heteroatoms. The van der Waals surface area contributed by atoms with E-state index in [2.05, 4.69) is 16.4 Å². The van der Waals surface area contributed by atoms with E-state index in [0.29, 0.717) is 12.1 Å². The summed E-state index contributed by atoms with van der Waals surface area (Å²) in [6, 6.07) is 2.17. The summed E-state index contributed by atoms with van der Waals surface area (Å²) in [5, 5.41) is 29.6. The van der Waals surface area contributed by atoms with E-state index in [1.807, 2.05) is 6.07 Å². The Morgan fingerprint density at radius 2 is 1.08 bits per heavy atom. The van der Waals surface area contributed by atoms with E-state index in [1.165, 1.54) is 0 Å². The SMILES string of the molecule is CC(C)(C)OC(=O)N1C[C@@H](c2c(F)ccc(F)c2F)CC1C#N.CC(C)(C)OC(=O)N1C[C@@H](c2c(F)ccc(F)c2F)CC1C(N)=O.NC(N)=O.O=CO[O-].OO.[H-].[K+].[K+]. The number of benzene rings is 2. The quantitative estimate of drug-likeness (QED) is 0.0557. The van der Waals surface area contributed by atoms with Crippen LogP contribution in [0.2, 0.25) is 0 Å². The van der Waals surface area contributed by atoms with Crippen molar-refractivity contribution in [1.82, 2.24) is 9.80 Å². The van der Waals surface area contributed by atoms with E-state index in [1.54, 1.807) is 41.5 Å². The number of rotatable bonds is 4. The number of likely N-dealkylation sites (tertiary alicyclic amines) is 2. The molecule has 2 aliphatic heterocycles. The number of nitriles is 1. The minimum Gasteiger partial charge on any atom is -1.00 e. The number of carbonyl (C=O) groups is 5. The number of urea groups is 1. The van der Waals surface area contributed by atoms with Crippen LogP contribution >= 0.6 is 0 Å². The fraction of sp³-hybridized carbons (Fsp3) is 0.471. The number of amides is 5. The Labute approximate surface area is 421 Å². The van der Waals surface area contributed by atoms with Gasteiger partial charge < -0.3 is 38.2 Å². The van der Waals surface area contributed by atoms with E-state index >= 15 is 0 Å². The number of carbonyl (C=O) groups excluding carboxylic acids is 5. The van der Waals surface area contributed by atoms with Crippen molar-refractivity contribution in [3.05, 3.63) is 70.3 Å². The molecule has 2 fully saturated rings. The number of hydrogen-bond acceptors (Lipinski definition) is 12. The molecule has 2 aromatic rings. The van der Waals surface area contributed by atoms with Crippen molar-refractivity contribution >= 4 is 30.6 Å². The van der Waals surface area contributed by atoms with E-state index in [9.17, 15) is 46.0 Å². The van der Waals surface area contributed by atoms with Crippen LogP contribution in [0.5, 0.6) is 0 Å². The van der Waals surface area contributed by atoms with Gasteiger partial charge in [-0.15, -0.1) is 0 Å². The van der Waals surface area contributed by atoms with Crippen LogP contribution in [0.1, 0.15) is 78.8 Å². The van der Waals surface area contributed by atoms with Gasteiger partial charge in [0.1, 0.15) is 34.9 Å². The van der Waals surface area contributed by atoms with Gasteiger partial charge in [0.05, 0.1) is 6.07 Å². The fourth-order valence-corrected chi connectivity index (χ4v) is 5.36. The smallest absolute Gasteiger partial charge is 1.00 e. The molecule has 2 aromatic carbocycles. The molecule has 17 nitrogen and oxygen atoms in total. The topological polar surface area (TPSA) is 285 Å². The number of primary amides is 3. The molecule has 0 radical (unpaired) electrons. The third-order valence-corrected chi connectivity index (χ3v) is 7.35. The zero-order chi connectivity index (χ0) is 44.6. The Morgan fingerprint density at radius 1 is 0.763 bits per heavy atom. The van der Waals surface area contributed by atoms with Crippen molar-refractivity contribution in [2.75, 3.05) is 13.1 Å². The summed E-state index contributed by atoms with van der Waals surface area (Å²) in [5.41, 5.74) is 11.3. The molecular formula is C34H44F6K2N6O11. The van der Waals surface area contributed by atoms with Crippen LogP contribution in [0.3, 0.4) is 0 Å². The van der Waals surface area contributed by atoms with Gasteiger partial charge in [-0.2, -0.15) is 5.26 Å². The van der Waals surface area contributed by atoms with Crippen LogP contribution < -0.4 is 125 Å². The van der Waals surface area contributed by atoms with Crippen LogP contribution in [-0.4, -0.2) is 87.3 Å². The molecule has 0 spiro atoms. The van der Waals surface area contributed by atoms with Gasteiger partial charge in [-0.1, -0.05) is 0 Å². The van der Waals surface area contributed by atoms with E-state index in [-0.39, 0.29) is 137 Å². The third kappa shape index (κ3) is 20.2. The number of nitrogens with zero attached hydrogens (tertiary/aromatic N) is 3. The standard InChI is InChI=1S/C16H19F3N2O3.C16H17F3N2O2.CH4N2O.CH2O3.2K.H2O2.H/c1-16(2,3)24-15(23)21-7-8(6-11(21)14(20)22)12-9(17)4-5-10(18)13(12)19;1-16(2,3)23-15(22)21-8-9(6-10(21)7-20)13-11(17)4-5-12(18)14(13)19;2-1(3)4;2-1-4-3;;;1-2;/h4-5,8,11H,6-7H2,1-3H3,(H2,20,22);4-5,9-10H,6,8H2,1-3H3;(H4,2,3,4);1,3H;;;1-2H;/q;;;;2*+1;;-1/p-1/t8-,11?;9-,10?;;;;;;/m00....../s1. The largest absolute Gasteiger partial charge is 1.00 e. The summed E-state index contributed by atoms with van der Waals surface area (Å²) in [6.45, 7) is 9.46. The van der Waals surface area contributed by atoms with Crippen LogP contribution in [0, 0.1) is 46.2 Å². The van der Waals surface area contributed by atoms with Crippen molar-refractivity contribution in [2.45, 2.75) is 89.5 Å². The second-order valence-corrected chi connectivity index (χ2v) is 13.8. The van der Waals surface area contributed by atoms with Crippen LogP contribution in [0.15, 0.2) is 24.3 Å². The molecule has 2 aliphatic rings. The molecule has 320 valence electrons.